The molecule has 0 unspecified atom stereocenters. The lowest BCUT2D eigenvalue weighted by Gasteiger charge is -2.40. The second-order valence-corrected chi connectivity index (χ2v) is 9.30. The van der Waals surface area contributed by atoms with Crippen molar-refractivity contribution in [3.8, 4) is 0 Å². The third kappa shape index (κ3) is 4.59. The Hall–Kier alpha value is -1.80. The lowest BCUT2D eigenvalue weighted by atomic mass is 9.88. The van der Waals surface area contributed by atoms with Gasteiger partial charge in [-0.3, -0.25) is 14.6 Å². The highest BCUT2D eigenvalue weighted by Gasteiger charge is 2.33. The van der Waals surface area contributed by atoms with Crippen molar-refractivity contribution in [2.45, 2.75) is 38.6 Å². The fraction of sp³-hybridized carbons (Fsp3) is 0.522. The highest BCUT2D eigenvalue weighted by molar-refractivity contribution is 7.16. The molecule has 1 amide bonds. The first-order valence-electron chi connectivity index (χ1n) is 10.8. The molecule has 30 heavy (non-hydrogen) atoms. The van der Waals surface area contributed by atoms with E-state index in [1.165, 1.54) is 22.9 Å². The number of nitrogens with zero attached hydrogens (tertiary/aromatic N) is 2. The maximum atomic E-state index is 14.2. The second-order valence-electron chi connectivity index (χ2n) is 8.19. The predicted octanol–water partition coefficient (Wildman–Crippen LogP) is 3.42. The summed E-state index contributed by atoms with van der Waals surface area (Å²) in [7, 11) is 0. The Morgan fingerprint density at radius 1 is 1.23 bits per heavy atom. The molecule has 1 fully saturated rings. The van der Waals surface area contributed by atoms with E-state index >= 15 is 0 Å². The van der Waals surface area contributed by atoms with Crippen molar-refractivity contribution in [2.24, 2.45) is 0 Å². The smallest absolute Gasteiger partial charge is 0.221 e. The largest absolute Gasteiger partial charge is 0.395 e. The normalized spacial score (nSPS) is 18.8. The monoisotopic (exact) mass is 431 g/mol. The van der Waals surface area contributed by atoms with Crippen LogP contribution in [0.1, 0.15) is 47.4 Å². The summed E-state index contributed by atoms with van der Waals surface area (Å²) in [4.78, 5) is 18.0. The van der Waals surface area contributed by atoms with Gasteiger partial charge in [-0.05, 0) is 48.9 Å². The Morgan fingerprint density at radius 3 is 2.70 bits per heavy atom. The molecule has 1 aliphatic carbocycles. The van der Waals surface area contributed by atoms with Crippen LogP contribution >= 0.6 is 11.3 Å². The van der Waals surface area contributed by atoms with E-state index in [-0.39, 0.29) is 24.4 Å². The molecule has 162 valence electrons. The van der Waals surface area contributed by atoms with Crippen molar-refractivity contribution in [1.29, 1.82) is 0 Å². The number of carbonyl (C=O) groups is 1. The van der Waals surface area contributed by atoms with Crippen LogP contribution in [0.2, 0.25) is 0 Å². The summed E-state index contributed by atoms with van der Waals surface area (Å²) >= 11 is 1.69. The van der Waals surface area contributed by atoms with E-state index in [0.717, 1.165) is 61.6 Å². The molecular formula is C23H30FN3O2S. The molecule has 1 aromatic carbocycles. The summed E-state index contributed by atoms with van der Waals surface area (Å²) in [5, 5.41) is 13.3. The van der Waals surface area contributed by atoms with Gasteiger partial charge in [0.15, 0.2) is 0 Å². The Balaban J connectivity index is 1.77. The van der Waals surface area contributed by atoms with Crippen LogP contribution in [-0.2, 0) is 17.6 Å². The van der Waals surface area contributed by atoms with Crippen molar-refractivity contribution in [2.75, 3.05) is 44.6 Å². The van der Waals surface area contributed by atoms with Gasteiger partial charge in [-0.15, -0.1) is 11.3 Å². The van der Waals surface area contributed by atoms with Crippen molar-refractivity contribution in [3.05, 3.63) is 51.7 Å². The zero-order valence-corrected chi connectivity index (χ0v) is 18.3. The Morgan fingerprint density at radius 2 is 2.00 bits per heavy atom. The van der Waals surface area contributed by atoms with Gasteiger partial charge in [-0.25, -0.2) is 4.39 Å². The van der Waals surface area contributed by atoms with E-state index in [1.54, 1.807) is 30.4 Å². The highest BCUT2D eigenvalue weighted by Crippen LogP contribution is 2.45. The number of benzene rings is 1. The van der Waals surface area contributed by atoms with Gasteiger partial charge in [0.2, 0.25) is 5.91 Å². The number of nitrogens with one attached hydrogen (secondary N) is 1. The number of hydrogen-bond donors (Lipinski definition) is 2. The van der Waals surface area contributed by atoms with Crippen molar-refractivity contribution >= 4 is 22.2 Å². The number of rotatable bonds is 6. The van der Waals surface area contributed by atoms with Crippen LogP contribution in [0.25, 0.3) is 0 Å². The van der Waals surface area contributed by atoms with Gasteiger partial charge in [0.1, 0.15) is 10.8 Å². The minimum atomic E-state index is -0.235. The number of carbonyl (C=O) groups excluding carboxylic acids is 1. The Kier molecular flexibility index (Phi) is 6.83. The van der Waals surface area contributed by atoms with Crippen LogP contribution in [-0.4, -0.2) is 60.1 Å². The molecule has 0 bridgehead atoms. The summed E-state index contributed by atoms with van der Waals surface area (Å²) in [6.45, 7) is 5.81. The SMILES string of the molecule is CC(=O)Nc1sc2c(c1[C@H](c1cccc(F)c1)N1CCN(CCO)CC1)CCCC2. The van der Waals surface area contributed by atoms with Gasteiger partial charge in [0.05, 0.1) is 12.6 Å². The van der Waals surface area contributed by atoms with Crippen LogP contribution in [0.3, 0.4) is 0 Å². The summed E-state index contributed by atoms with van der Waals surface area (Å²) in [5.41, 5.74) is 3.44. The van der Waals surface area contributed by atoms with Gasteiger partial charge in [-0.1, -0.05) is 12.1 Å². The van der Waals surface area contributed by atoms with E-state index < -0.39 is 0 Å². The first-order valence-corrected chi connectivity index (χ1v) is 11.6. The zero-order chi connectivity index (χ0) is 21.1. The summed E-state index contributed by atoms with van der Waals surface area (Å²) in [6, 6.07) is 6.80. The van der Waals surface area contributed by atoms with E-state index in [9.17, 15) is 14.3 Å². The number of amides is 1. The minimum absolute atomic E-state index is 0.0689. The molecule has 0 spiro atoms. The maximum absolute atomic E-state index is 14.2. The second kappa shape index (κ2) is 9.56. The lowest BCUT2D eigenvalue weighted by molar-refractivity contribution is -0.114. The number of aliphatic hydroxyl groups excluding tert-OH is 1. The number of fused-ring (bicyclic) bond motifs is 1. The number of halogens is 1. The first-order chi connectivity index (χ1) is 14.6. The third-order valence-corrected chi connectivity index (χ3v) is 7.35. The molecule has 1 saturated heterocycles. The third-order valence-electron chi connectivity index (χ3n) is 6.13. The zero-order valence-electron chi connectivity index (χ0n) is 17.5. The summed E-state index contributed by atoms with van der Waals surface area (Å²) in [6.07, 6.45) is 4.39. The first kappa shape index (κ1) is 21.4. The average molecular weight is 432 g/mol. The number of anilines is 1. The molecule has 2 aromatic rings. The van der Waals surface area contributed by atoms with Crippen LogP contribution in [0, 0.1) is 5.82 Å². The molecule has 7 heteroatoms. The van der Waals surface area contributed by atoms with E-state index in [2.05, 4.69) is 15.1 Å². The van der Waals surface area contributed by atoms with Crippen molar-refractivity contribution in [1.82, 2.24) is 9.80 Å². The summed E-state index contributed by atoms with van der Waals surface area (Å²) in [5.74, 6) is -0.304. The molecule has 5 nitrogen and oxygen atoms in total. The topological polar surface area (TPSA) is 55.8 Å². The number of thiophene rings is 1. The average Bonchev–Trinajstić information content (AvgIpc) is 3.07. The summed E-state index contributed by atoms with van der Waals surface area (Å²) < 4.78 is 14.2. The number of piperazine rings is 1. The molecule has 2 N–H and O–H groups in total. The molecule has 2 aliphatic rings. The van der Waals surface area contributed by atoms with E-state index in [4.69, 9.17) is 0 Å². The number of aliphatic hydroxyl groups is 1. The molecular weight excluding hydrogens is 401 g/mol. The quantitative estimate of drug-likeness (QED) is 0.736. The van der Waals surface area contributed by atoms with E-state index in [1.807, 2.05) is 6.07 Å². The van der Waals surface area contributed by atoms with Gasteiger partial charge < -0.3 is 10.4 Å². The van der Waals surface area contributed by atoms with Gasteiger partial charge >= 0.3 is 0 Å². The van der Waals surface area contributed by atoms with Crippen LogP contribution in [0.15, 0.2) is 24.3 Å². The standard InChI is InChI=1S/C23H30FN3O2S/c1-16(29)25-23-21(19-7-2-3-8-20(19)30-23)22(17-5-4-6-18(24)15-17)27-11-9-26(10-12-27)13-14-28/h4-6,15,22,28H,2-3,7-14H2,1H3,(H,25,29)/t22-/m0/s1. The van der Waals surface area contributed by atoms with Crippen LogP contribution in [0.5, 0.6) is 0 Å². The molecule has 0 saturated carbocycles. The molecule has 2 heterocycles. The fourth-order valence-electron chi connectivity index (χ4n) is 4.76. The molecule has 0 radical (unpaired) electrons. The minimum Gasteiger partial charge on any atom is -0.395 e. The van der Waals surface area contributed by atoms with Gasteiger partial charge in [-0.2, -0.15) is 0 Å². The number of β-amino-alcohol motifs (C(OH)–C–C–N with tert-alkyl or cyclic N) is 1. The maximum Gasteiger partial charge on any atom is 0.221 e. The fourth-order valence-corrected chi connectivity index (χ4v) is 6.12. The lowest BCUT2D eigenvalue weighted by Crippen LogP contribution is -2.48. The molecule has 1 aromatic heterocycles. The Labute approximate surface area is 181 Å². The molecule has 1 aliphatic heterocycles. The van der Waals surface area contributed by atoms with Gasteiger partial charge in [0.25, 0.3) is 0 Å². The molecule has 1 atom stereocenters. The molecule has 4 rings (SSSR count). The number of aryl methyl sites for hydroxylation is 1. The Bertz CT molecular complexity index is 893. The van der Waals surface area contributed by atoms with Gasteiger partial charge in [0, 0.05) is 50.1 Å². The number of hydrogen-bond acceptors (Lipinski definition) is 5. The van der Waals surface area contributed by atoms with Crippen LogP contribution < -0.4 is 5.32 Å². The van der Waals surface area contributed by atoms with Crippen molar-refractivity contribution < 1.29 is 14.3 Å². The van der Waals surface area contributed by atoms with Crippen molar-refractivity contribution in [3.63, 3.8) is 0 Å². The van der Waals surface area contributed by atoms with Crippen LogP contribution in [0.4, 0.5) is 9.39 Å². The highest BCUT2D eigenvalue weighted by atomic mass is 32.1. The van der Waals surface area contributed by atoms with E-state index in [0.29, 0.717) is 6.54 Å². The predicted molar refractivity (Wildman–Crippen MR) is 119 cm³/mol.